The Kier molecular flexibility index (Phi) is 3.39. The van der Waals surface area contributed by atoms with Crippen molar-refractivity contribution in [3.63, 3.8) is 0 Å². The van der Waals surface area contributed by atoms with Gasteiger partial charge in [-0.3, -0.25) is 0 Å². The van der Waals surface area contributed by atoms with Crippen molar-refractivity contribution < 1.29 is 0 Å². The van der Waals surface area contributed by atoms with Gasteiger partial charge in [-0.15, -0.1) is 0 Å². The van der Waals surface area contributed by atoms with Crippen LogP contribution in [0.15, 0.2) is 48.5 Å². The topological polar surface area (TPSA) is 26.0 Å². The van der Waals surface area contributed by atoms with Gasteiger partial charge >= 0.3 is 0 Å². The van der Waals surface area contributed by atoms with E-state index in [1.165, 1.54) is 20.3 Å². The third-order valence-electron chi connectivity index (χ3n) is 3.82. The molecule has 0 saturated carbocycles. The molecule has 0 fully saturated rings. The van der Waals surface area contributed by atoms with Crippen molar-refractivity contribution in [1.82, 2.24) is 0 Å². The van der Waals surface area contributed by atoms with E-state index in [0.717, 1.165) is 12.8 Å². The van der Waals surface area contributed by atoms with Gasteiger partial charge in [0, 0.05) is 9.61 Å². The molecule has 0 heterocycles. The van der Waals surface area contributed by atoms with Gasteiger partial charge in [0.05, 0.1) is 0 Å². The van der Waals surface area contributed by atoms with Crippen LogP contribution in [0.25, 0.3) is 0 Å². The average molecular weight is 349 g/mol. The number of hydrogen-bond donors (Lipinski definition) is 1. The molecule has 0 spiro atoms. The van der Waals surface area contributed by atoms with E-state index in [1.54, 1.807) is 0 Å². The van der Waals surface area contributed by atoms with Gasteiger partial charge < -0.3 is 5.73 Å². The van der Waals surface area contributed by atoms with Crippen molar-refractivity contribution in [3.8, 4) is 0 Å². The molecule has 1 aliphatic rings. The van der Waals surface area contributed by atoms with Crippen molar-refractivity contribution in [1.29, 1.82) is 0 Å². The number of halogens is 1. The molecule has 2 atom stereocenters. The number of nitrogens with two attached hydrogens (primary N) is 1. The molecule has 0 aliphatic heterocycles. The standard InChI is InChI=1S/C16H16IN/c17-14-7-5-11(6-8-14)9-13-10-12-3-1-2-4-15(12)16(13)18/h1-8,13,16H,9-10,18H2. The Morgan fingerprint density at radius 1 is 1.06 bits per heavy atom. The van der Waals surface area contributed by atoms with E-state index in [0.29, 0.717) is 5.92 Å². The molecule has 2 aromatic carbocycles. The van der Waals surface area contributed by atoms with Crippen LogP contribution in [-0.4, -0.2) is 0 Å². The number of benzene rings is 2. The Balaban J connectivity index is 1.78. The summed E-state index contributed by atoms with van der Waals surface area (Å²) in [4.78, 5) is 0. The zero-order chi connectivity index (χ0) is 12.5. The average Bonchev–Trinajstić information content (AvgIpc) is 2.70. The van der Waals surface area contributed by atoms with Crippen LogP contribution in [0.4, 0.5) is 0 Å². The second-order valence-electron chi connectivity index (χ2n) is 5.02. The Hall–Kier alpha value is -0.870. The van der Waals surface area contributed by atoms with Gasteiger partial charge in [-0.1, -0.05) is 36.4 Å². The van der Waals surface area contributed by atoms with Crippen molar-refractivity contribution in [2.45, 2.75) is 18.9 Å². The normalized spacial score (nSPS) is 21.9. The largest absolute Gasteiger partial charge is 0.324 e. The Morgan fingerprint density at radius 2 is 1.78 bits per heavy atom. The van der Waals surface area contributed by atoms with Gasteiger partial charge in [0.2, 0.25) is 0 Å². The van der Waals surface area contributed by atoms with Gasteiger partial charge in [-0.05, 0) is 70.2 Å². The van der Waals surface area contributed by atoms with E-state index in [4.69, 9.17) is 5.73 Å². The molecule has 0 amide bonds. The van der Waals surface area contributed by atoms with Gasteiger partial charge in [-0.2, -0.15) is 0 Å². The summed E-state index contributed by atoms with van der Waals surface area (Å²) in [6, 6.07) is 17.6. The van der Waals surface area contributed by atoms with E-state index in [-0.39, 0.29) is 6.04 Å². The molecule has 1 aliphatic carbocycles. The van der Waals surface area contributed by atoms with Crippen LogP contribution in [0.3, 0.4) is 0 Å². The van der Waals surface area contributed by atoms with E-state index in [9.17, 15) is 0 Å². The third kappa shape index (κ3) is 2.31. The van der Waals surface area contributed by atoms with Crippen molar-refractivity contribution >= 4 is 22.6 Å². The smallest absolute Gasteiger partial charge is 0.0332 e. The van der Waals surface area contributed by atoms with E-state index in [1.807, 2.05) is 0 Å². The molecule has 2 unspecified atom stereocenters. The maximum atomic E-state index is 6.37. The molecule has 2 N–H and O–H groups in total. The second-order valence-corrected chi connectivity index (χ2v) is 6.27. The molecule has 0 saturated heterocycles. The number of fused-ring (bicyclic) bond motifs is 1. The highest BCUT2D eigenvalue weighted by molar-refractivity contribution is 14.1. The van der Waals surface area contributed by atoms with Crippen LogP contribution in [0.2, 0.25) is 0 Å². The summed E-state index contributed by atoms with van der Waals surface area (Å²) in [6.07, 6.45) is 2.19. The maximum absolute atomic E-state index is 6.37. The third-order valence-corrected chi connectivity index (χ3v) is 4.53. The molecule has 0 bridgehead atoms. The zero-order valence-corrected chi connectivity index (χ0v) is 12.3. The summed E-state index contributed by atoms with van der Waals surface area (Å²) >= 11 is 2.34. The quantitative estimate of drug-likeness (QED) is 0.822. The predicted octanol–water partition coefficient (Wildman–Crippen LogP) is 3.71. The fraction of sp³-hybridized carbons (Fsp3) is 0.250. The molecule has 2 heteroatoms. The molecular formula is C16H16IN. The van der Waals surface area contributed by atoms with Crippen molar-refractivity contribution in [2.75, 3.05) is 0 Å². The van der Waals surface area contributed by atoms with Crippen molar-refractivity contribution in [3.05, 3.63) is 68.8 Å². The molecule has 92 valence electrons. The Morgan fingerprint density at radius 3 is 2.50 bits per heavy atom. The zero-order valence-electron chi connectivity index (χ0n) is 10.1. The summed E-state index contributed by atoms with van der Waals surface area (Å²) in [6.45, 7) is 0. The first-order chi connectivity index (χ1) is 8.74. The van der Waals surface area contributed by atoms with Crippen molar-refractivity contribution in [2.24, 2.45) is 11.7 Å². The number of hydrogen-bond acceptors (Lipinski definition) is 1. The van der Waals surface area contributed by atoms with Gasteiger partial charge in [0.15, 0.2) is 0 Å². The predicted molar refractivity (Wildman–Crippen MR) is 83.4 cm³/mol. The molecule has 1 nitrogen and oxygen atoms in total. The lowest BCUT2D eigenvalue weighted by atomic mass is 9.93. The first kappa shape index (κ1) is 12.2. The molecular weight excluding hydrogens is 333 g/mol. The molecule has 2 aromatic rings. The fourth-order valence-electron chi connectivity index (χ4n) is 2.83. The minimum atomic E-state index is 0.195. The van der Waals surface area contributed by atoms with E-state index in [2.05, 4.69) is 71.1 Å². The van der Waals surface area contributed by atoms with Crippen LogP contribution >= 0.6 is 22.6 Å². The van der Waals surface area contributed by atoms with Crippen LogP contribution in [0.1, 0.15) is 22.7 Å². The highest BCUT2D eigenvalue weighted by atomic mass is 127. The Labute approximate surface area is 122 Å². The first-order valence-electron chi connectivity index (χ1n) is 6.32. The van der Waals surface area contributed by atoms with Crippen LogP contribution in [-0.2, 0) is 12.8 Å². The summed E-state index contributed by atoms with van der Waals surface area (Å²) in [7, 11) is 0. The highest BCUT2D eigenvalue weighted by Crippen LogP contribution is 2.36. The lowest BCUT2D eigenvalue weighted by Crippen LogP contribution is -2.18. The van der Waals surface area contributed by atoms with Gasteiger partial charge in [0.1, 0.15) is 0 Å². The summed E-state index contributed by atoms with van der Waals surface area (Å²) in [5, 5.41) is 0. The maximum Gasteiger partial charge on any atom is 0.0332 e. The van der Waals surface area contributed by atoms with E-state index < -0.39 is 0 Å². The summed E-state index contributed by atoms with van der Waals surface area (Å²) in [5.74, 6) is 0.544. The minimum Gasteiger partial charge on any atom is -0.324 e. The summed E-state index contributed by atoms with van der Waals surface area (Å²) in [5.41, 5.74) is 10.5. The van der Waals surface area contributed by atoms with Gasteiger partial charge in [-0.25, -0.2) is 0 Å². The second kappa shape index (κ2) is 5.02. The van der Waals surface area contributed by atoms with E-state index >= 15 is 0 Å². The summed E-state index contributed by atoms with van der Waals surface area (Å²) < 4.78 is 1.29. The fourth-order valence-corrected chi connectivity index (χ4v) is 3.19. The Bertz CT molecular complexity index is 547. The lowest BCUT2D eigenvalue weighted by molar-refractivity contribution is 0.465. The molecule has 0 radical (unpaired) electrons. The van der Waals surface area contributed by atoms with Crippen LogP contribution in [0.5, 0.6) is 0 Å². The molecule has 3 rings (SSSR count). The monoisotopic (exact) mass is 349 g/mol. The molecule has 0 aromatic heterocycles. The lowest BCUT2D eigenvalue weighted by Gasteiger charge is -2.16. The van der Waals surface area contributed by atoms with Gasteiger partial charge in [0.25, 0.3) is 0 Å². The number of rotatable bonds is 2. The molecule has 18 heavy (non-hydrogen) atoms. The SMILES string of the molecule is NC1c2ccccc2CC1Cc1ccc(I)cc1. The minimum absolute atomic E-state index is 0.195. The highest BCUT2D eigenvalue weighted by Gasteiger charge is 2.29. The first-order valence-corrected chi connectivity index (χ1v) is 7.40. The van der Waals surface area contributed by atoms with Crippen LogP contribution < -0.4 is 5.73 Å². The van der Waals surface area contributed by atoms with Crippen LogP contribution in [0, 0.1) is 9.49 Å².